The van der Waals surface area contributed by atoms with E-state index in [1.165, 1.54) is 5.56 Å². The number of rotatable bonds is 6. The number of aliphatic hydroxyl groups excluding tert-OH is 1. The lowest BCUT2D eigenvalue weighted by molar-refractivity contribution is 0.163. The number of hydrogen-bond donors (Lipinski definition) is 2. The summed E-state index contributed by atoms with van der Waals surface area (Å²) >= 11 is 3.48. The van der Waals surface area contributed by atoms with Gasteiger partial charge in [-0.3, -0.25) is 0 Å². The SMILES string of the molecule is C[C@H](O)CCN(C)C(=O)NCCc1ccccc1Br. The van der Waals surface area contributed by atoms with Gasteiger partial charge in [0.15, 0.2) is 0 Å². The molecule has 0 aromatic heterocycles. The summed E-state index contributed by atoms with van der Waals surface area (Å²) in [7, 11) is 1.73. The largest absolute Gasteiger partial charge is 0.393 e. The molecule has 2 N–H and O–H groups in total. The maximum Gasteiger partial charge on any atom is 0.317 e. The molecule has 0 fully saturated rings. The third-order valence-corrected chi connectivity index (χ3v) is 3.63. The fourth-order valence-corrected chi connectivity index (χ4v) is 2.11. The molecule has 0 spiro atoms. The van der Waals surface area contributed by atoms with Gasteiger partial charge in [0, 0.05) is 24.6 Å². The van der Waals surface area contributed by atoms with Crippen LogP contribution in [0, 0.1) is 0 Å². The number of benzene rings is 1. The zero-order valence-electron chi connectivity index (χ0n) is 11.4. The van der Waals surface area contributed by atoms with Gasteiger partial charge < -0.3 is 15.3 Å². The first kappa shape index (κ1) is 16.0. The van der Waals surface area contributed by atoms with Crippen LogP contribution in [0.3, 0.4) is 0 Å². The fourth-order valence-electron chi connectivity index (χ4n) is 1.62. The summed E-state index contributed by atoms with van der Waals surface area (Å²) in [5, 5.41) is 12.0. The van der Waals surface area contributed by atoms with Gasteiger partial charge in [0.1, 0.15) is 0 Å². The second kappa shape index (κ2) is 8.17. The number of amides is 2. The molecule has 0 aliphatic carbocycles. The van der Waals surface area contributed by atoms with Gasteiger partial charge in [-0.25, -0.2) is 4.79 Å². The van der Waals surface area contributed by atoms with Crippen LogP contribution in [0.15, 0.2) is 28.7 Å². The van der Waals surface area contributed by atoms with E-state index in [9.17, 15) is 9.90 Å². The second-order valence-corrected chi connectivity index (χ2v) is 5.49. The van der Waals surface area contributed by atoms with Crippen molar-refractivity contribution in [3.63, 3.8) is 0 Å². The van der Waals surface area contributed by atoms with Crippen molar-refractivity contribution in [2.45, 2.75) is 25.9 Å². The Kier molecular flexibility index (Phi) is 6.87. The minimum absolute atomic E-state index is 0.104. The highest BCUT2D eigenvalue weighted by molar-refractivity contribution is 9.10. The number of nitrogens with one attached hydrogen (secondary N) is 1. The summed E-state index contributed by atoms with van der Waals surface area (Å²) in [5.74, 6) is 0. The number of carbonyl (C=O) groups excluding carboxylic acids is 1. The van der Waals surface area contributed by atoms with Crippen LogP contribution >= 0.6 is 15.9 Å². The van der Waals surface area contributed by atoms with E-state index >= 15 is 0 Å². The highest BCUT2D eigenvalue weighted by Gasteiger charge is 2.08. The minimum Gasteiger partial charge on any atom is -0.393 e. The molecule has 2 amide bonds. The van der Waals surface area contributed by atoms with Crippen LogP contribution in [0.4, 0.5) is 4.79 Å². The molecule has 0 bridgehead atoms. The van der Waals surface area contributed by atoms with Gasteiger partial charge in [0.25, 0.3) is 0 Å². The normalized spacial score (nSPS) is 12.0. The van der Waals surface area contributed by atoms with Gasteiger partial charge in [-0.1, -0.05) is 34.1 Å². The first-order chi connectivity index (χ1) is 9.00. The molecule has 0 saturated heterocycles. The number of hydrogen-bond acceptors (Lipinski definition) is 2. The van der Waals surface area contributed by atoms with Gasteiger partial charge in [-0.05, 0) is 31.4 Å². The summed E-state index contributed by atoms with van der Waals surface area (Å²) in [6, 6.07) is 7.87. The summed E-state index contributed by atoms with van der Waals surface area (Å²) in [6.45, 7) is 2.87. The predicted molar refractivity (Wildman–Crippen MR) is 80.2 cm³/mol. The van der Waals surface area contributed by atoms with Gasteiger partial charge in [0.05, 0.1) is 6.10 Å². The van der Waals surface area contributed by atoms with E-state index < -0.39 is 0 Å². The molecule has 1 rings (SSSR count). The molecule has 5 heteroatoms. The third kappa shape index (κ3) is 6.07. The lowest BCUT2D eigenvalue weighted by Crippen LogP contribution is -2.39. The van der Waals surface area contributed by atoms with E-state index in [0.29, 0.717) is 19.5 Å². The van der Waals surface area contributed by atoms with Crippen LogP contribution in [-0.4, -0.2) is 42.3 Å². The molecule has 0 heterocycles. The molecule has 1 aromatic rings. The first-order valence-electron chi connectivity index (χ1n) is 6.41. The number of aliphatic hydroxyl groups is 1. The Morgan fingerprint density at radius 1 is 1.47 bits per heavy atom. The molecule has 0 unspecified atom stereocenters. The van der Waals surface area contributed by atoms with Crippen molar-refractivity contribution in [1.82, 2.24) is 10.2 Å². The van der Waals surface area contributed by atoms with Gasteiger partial charge in [0.2, 0.25) is 0 Å². The average Bonchev–Trinajstić information content (AvgIpc) is 2.38. The smallest absolute Gasteiger partial charge is 0.317 e. The lowest BCUT2D eigenvalue weighted by Gasteiger charge is -2.18. The number of nitrogens with zero attached hydrogens (tertiary/aromatic N) is 1. The van der Waals surface area contributed by atoms with Crippen molar-refractivity contribution in [1.29, 1.82) is 0 Å². The summed E-state index contributed by atoms with van der Waals surface area (Å²) in [4.78, 5) is 13.3. The quantitative estimate of drug-likeness (QED) is 0.842. The molecular formula is C14H21BrN2O2. The molecule has 1 aromatic carbocycles. The Bertz CT molecular complexity index is 410. The maximum atomic E-state index is 11.8. The molecule has 19 heavy (non-hydrogen) atoms. The van der Waals surface area contributed by atoms with Crippen LogP contribution in [0.25, 0.3) is 0 Å². The molecule has 1 atom stereocenters. The predicted octanol–water partition coefficient (Wildman–Crippen LogP) is 2.40. The molecule has 0 radical (unpaired) electrons. The van der Waals surface area contributed by atoms with E-state index in [2.05, 4.69) is 21.2 Å². The van der Waals surface area contributed by atoms with Gasteiger partial charge in [-0.15, -0.1) is 0 Å². The van der Waals surface area contributed by atoms with E-state index in [1.54, 1.807) is 18.9 Å². The first-order valence-corrected chi connectivity index (χ1v) is 7.20. The molecular weight excluding hydrogens is 308 g/mol. The van der Waals surface area contributed by atoms with Crippen molar-refractivity contribution >= 4 is 22.0 Å². The Labute approximate surface area is 122 Å². The average molecular weight is 329 g/mol. The van der Waals surface area contributed by atoms with E-state index in [4.69, 9.17) is 0 Å². The number of urea groups is 1. The van der Waals surface area contributed by atoms with Gasteiger partial charge in [-0.2, -0.15) is 0 Å². The Morgan fingerprint density at radius 2 is 2.16 bits per heavy atom. The van der Waals surface area contributed by atoms with Crippen LogP contribution in [-0.2, 0) is 6.42 Å². The number of halogens is 1. The zero-order chi connectivity index (χ0) is 14.3. The van der Waals surface area contributed by atoms with Crippen molar-refractivity contribution in [2.75, 3.05) is 20.1 Å². The van der Waals surface area contributed by atoms with Crippen LogP contribution in [0.1, 0.15) is 18.9 Å². The summed E-state index contributed by atoms with van der Waals surface area (Å²) in [6.07, 6.45) is 1.00. The monoisotopic (exact) mass is 328 g/mol. The highest BCUT2D eigenvalue weighted by Crippen LogP contribution is 2.15. The van der Waals surface area contributed by atoms with Gasteiger partial charge >= 0.3 is 6.03 Å². The Morgan fingerprint density at radius 3 is 2.79 bits per heavy atom. The van der Waals surface area contributed by atoms with E-state index in [1.807, 2.05) is 24.3 Å². The van der Waals surface area contributed by atoms with E-state index in [-0.39, 0.29) is 12.1 Å². The third-order valence-electron chi connectivity index (χ3n) is 2.86. The topological polar surface area (TPSA) is 52.6 Å². The fraction of sp³-hybridized carbons (Fsp3) is 0.500. The Balaban J connectivity index is 2.29. The van der Waals surface area contributed by atoms with E-state index in [0.717, 1.165) is 10.9 Å². The molecule has 0 aliphatic rings. The molecule has 0 saturated carbocycles. The summed E-state index contributed by atoms with van der Waals surface area (Å²) < 4.78 is 1.06. The molecule has 0 aliphatic heterocycles. The Hall–Kier alpha value is -1.07. The van der Waals surface area contributed by atoms with Crippen LogP contribution in [0.2, 0.25) is 0 Å². The number of carbonyl (C=O) groups is 1. The molecule has 106 valence electrons. The highest BCUT2D eigenvalue weighted by atomic mass is 79.9. The summed E-state index contributed by atoms with van der Waals surface area (Å²) in [5.41, 5.74) is 1.18. The van der Waals surface area contributed by atoms with Crippen molar-refractivity contribution in [2.24, 2.45) is 0 Å². The van der Waals surface area contributed by atoms with Crippen molar-refractivity contribution in [3.05, 3.63) is 34.3 Å². The maximum absolute atomic E-state index is 11.8. The van der Waals surface area contributed by atoms with Crippen molar-refractivity contribution in [3.8, 4) is 0 Å². The molecule has 4 nitrogen and oxygen atoms in total. The van der Waals surface area contributed by atoms with Crippen molar-refractivity contribution < 1.29 is 9.90 Å². The standard InChI is InChI=1S/C14H21BrN2O2/c1-11(18)8-10-17(2)14(19)16-9-7-12-5-3-4-6-13(12)15/h3-6,11,18H,7-10H2,1-2H3,(H,16,19)/t11-/m0/s1. The zero-order valence-corrected chi connectivity index (χ0v) is 13.0. The minimum atomic E-state index is -0.379. The van der Waals surface area contributed by atoms with Crippen LogP contribution in [0.5, 0.6) is 0 Å². The van der Waals surface area contributed by atoms with Crippen LogP contribution < -0.4 is 5.32 Å². The second-order valence-electron chi connectivity index (χ2n) is 4.63. The lowest BCUT2D eigenvalue weighted by atomic mass is 10.1.